The Hall–Kier alpha value is -2.06. The maximum absolute atomic E-state index is 11.5. The normalized spacial score (nSPS) is 11.5. The van der Waals surface area contributed by atoms with E-state index in [1.165, 1.54) is 30.5 Å². The van der Waals surface area contributed by atoms with Gasteiger partial charge in [-0.2, -0.15) is 9.78 Å². The average Bonchev–Trinajstić information content (AvgIpc) is 2.87. The van der Waals surface area contributed by atoms with Gasteiger partial charge in [-0.15, -0.1) is 12.4 Å². The van der Waals surface area contributed by atoms with Gasteiger partial charge in [0.25, 0.3) is 5.91 Å². The average molecular weight is 284 g/mol. The van der Waals surface area contributed by atoms with E-state index in [0.717, 1.165) is 0 Å². The first kappa shape index (κ1) is 15.0. The van der Waals surface area contributed by atoms with Crippen LogP contribution in [0.3, 0.4) is 0 Å². The Bertz CT molecular complexity index is 569. The van der Waals surface area contributed by atoms with Crippen molar-refractivity contribution in [3.8, 4) is 5.82 Å². The molecule has 2 rings (SSSR count). The summed E-state index contributed by atoms with van der Waals surface area (Å²) in [4.78, 5) is 23.5. The van der Waals surface area contributed by atoms with Gasteiger partial charge in [-0.25, -0.2) is 15.0 Å². The summed E-state index contributed by atoms with van der Waals surface area (Å²) < 4.78 is 1.48. The van der Waals surface area contributed by atoms with Gasteiger partial charge in [0, 0.05) is 13.1 Å². The zero-order chi connectivity index (χ0) is 13.1. The number of nitrogens with zero attached hydrogens (tertiary/aromatic N) is 5. The zero-order valence-electron chi connectivity index (χ0n) is 10.4. The monoisotopic (exact) mass is 283 g/mol. The summed E-state index contributed by atoms with van der Waals surface area (Å²) in [5.74, 6) is 0.728. The van der Waals surface area contributed by atoms with Gasteiger partial charge in [0.05, 0.1) is 6.04 Å². The predicted molar refractivity (Wildman–Crippen MR) is 70.2 cm³/mol. The van der Waals surface area contributed by atoms with Gasteiger partial charge in [-0.05, 0) is 6.92 Å². The quantitative estimate of drug-likeness (QED) is 0.811. The number of nitrogens with two attached hydrogens (primary N) is 1. The summed E-state index contributed by atoms with van der Waals surface area (Å²) in [6.07, 6.45) is 2.69. The second kappa shape index (κ2) is 6.21. The summed E-state index contributed by atoms with van der Waals surface area (Å²) >= 11 is 0. The first-order chi connectivity index (χ1) is 8.63. The number of halogens is 1. The number of nitrogens with one attached hydrogen (secondary N) is 1. The lowest BCUT2D eigenvalue weighted by Gasteiger charge is -2.08. The highest BCUT2D eigenvalue weighted by Crippen LogP contribution is 2.11. The van der Waals surface area contributed by atoms with Gasteiger partial charge in [-0.3, -0.25) is 4.79 Å². The molecule has 0 bridgehead atoms. The number of carbonyl (C=O) groups excluding carboxylic acids is 1. The summed E-state index contributed by atoms with van der Waals surface area (Å²) in [5, 5.41) is 6.53. The standard InChI is InChI=1S/C10H13N7O.ClH/c1-6(11)9-15-5-16-17(9)8-3-7(10(18)12-2)13-4-14-8;/h3-6H,11H2,1-2H3,(H,12,18);1H/t6-;/m0./s1. The molecule has 8 nitrogen and oxygen atoms in total. The van der Waals surface area contributed by atoms with Crippen LogP contribution in [0.15, 0.2) is 18.7 Å². The van der Waals surface area contributed by atoms with E-state index >= 15 is 0 Å². The van der Waals surface area contributed by atoms with E-state index < -0.39 is 0 Å². The Morgan fingerprint density at radius 3 is 2.74 bits per heavy atom. The molecule has 1 amide bonds. The van der Waals surface area contributed by atoms with Crippen molar-refractivity contribution in [2.75, 3.05) is 7.05 Å². The molecular formula is C10H14ClN7O. The molecule has 0 aliphatic carbocycles. The van der Waals surface area contributed by atoms with E-state index in [1.54, 1.807) is 6.92 Å². The van der Waals surface area contributed by atoms with Gasteiger partial charge < -0.3 is 11.1 Å². The van der Waals surface area contributed by atoms with Gasteiger partial charge in [0.15, 0.2) is 11.6 Å². The van der Waals surface area contributed by atoms with Crippen LogP contribution >= 0.6 is 12.4 Å². The van der Waals surface area contributed by atoms with Crippen molar-refractivity contribution in [2.24, 2.45) is 5.73 Å². The molecular weight excluding hydrogens is 270 g/mol. The van der Waals surface area contributed by atoms with Crippen molar-refractivity contribution in [1.82, 2.24) is 30.0 Å². The minimum absolute atomic E-state index is 0. The van der Waals surface area contributed by atoms with Crippen LogP contribution in [0.25, 0.3) is 5.82 Å². The van der Waals surface area contributed by atoms with Crippen LogP contribution in [0.1, 0.15) is 29.3 Å². The molecule has 0 saturated carbocycles. The Kier molecular flexibility index (Phi) is 4.90. The molecule has 0 aromatic carbocycles. The molecule has 2 aromatic heterocycles. The third-order valence-corrected chi connectivity index (χ3v) is 2.31. The third kappa shape index (κ3) is 3.04. The first-order valence-electron chi connectivity index (χ1n) is 5.33. The van der Waals surface area contributed by atoms with E-state index in [0.29, 0.717) is 11.6 Å². The summed E-state index contributed by atoms with van der Waals surface area (Å²) in [5.41, 5.74) is 6.03. The van der Waals surface area contributed by atoms with Crippen molar-refractivity contribution < 1.29 is 4.79 Å². The Morgan fingerprint density at radius 1 is 1.37 bits per heavy atom. The number of amides is 1. The molecule has 0 spiro atoms. The molecule has 0 aliphatic rings. The molecule has 3 N–H and O–H groups in total. The zero-order valence-corrected chi connectivity index (χ0v) is 11.3. The molecule has 0 unspecified atom stereocenters. The van der Waals surface area contributed by atoms with E-state index in [1.807, 2.05) is 0 Å². The lowest BCUT2D eigenvalue weighted by molar-refractivity contribution is 0.0958. The van der Waals surface area contributed by atoms with Crippen LogP contribution in [0, 0.1) is 0 Å². The van der Waals surface area contributed by atoms with Crippen molar-refractivity contribution in [3.63, 3.8) is 0 Å². The topological polar surface area (TPSA) is 112 Å². The largest absolute Gasteiger partial charge is 0.354 e. The third-order valence-electron chi connectivity index (χ3n) is 2.31. The maximum Gasteiger partial charge on any atom is 0.269 e. The van der Waals surface area contributed by atoms with E-state index in [9.17, 15) is 4.79 Å². The molecule has 2 aromatic rings. The highest BCUT2D eigenvalue weighted by Gasteiger charge is 2.13. The van der Waals surface area contributed by atoms with Crippen LogP contribution < -0.4 is 11.1 Å². The fourth-order valence-corrected chi connectivity index (χ4v) is 1.45. The van der Waals surface area contributed by atoms with Crippen LogP contribution in [0.4, 0.5) is 0 Å². The molecule has 2 heterocycles. The van der Waals surface area contributed by atoms with Crippen molar-refractivity contribution in [3.05, 3.63) is 30.2 Å². The van der Waals surface area contributed by atoms with Gasteiger partial charge in [0.1, 0.15) is 18.3 Å². The van der Waals surface area contributed by atoms with Crippen LogP contribution in [-0.4, -0.2) is 37.7 Å². The second-order valence-electron chi connectivity index (χ2n) is 3.66. The van der Waals surface area contributed by atoms with Gasteiger partial charge in [0.2, 0.25) is 0 Å². The van der Waals surface area contributed by atoms with Gasteiger partial charge in [-0.1, -0.05) is 0 Å². The van der Waals surface area contributed by atoms with E-state index in [4.69, 9.17) is 5.73 Å². The highest BCUT2D eigenvalue weighted by atomic mass is 35.5. The lowest BCUT2D eigenvalue weighted by Crippen LogP contribution is -2.20. The van der Waals surface area contributed by atoms with Crippen LogP contribution in [-0.2, 0) is 0 Å². The number of hydrogen-bond acceptors (Lipinski definition) is 6. The Balaban J connectivity index is 0.00000180. The van der Waals surface area contributed by atoms with E-state index in [-0.39, 0.29) is 30.0 Å². The van der Waals surface area contributed by atoms with Crippen molar-refractivity contribution >= 4 is 18.3 Å². The lowest BCUT2D eigenvalue weighted by atomic mass is 10.3. The molecule has 1 atom stereocenters. The molecule has 0 saturated heterocycles. The smallest absolute Gasteiger partial charge is 0.269 e. The van der Waals surface area contributed by atoms with Crippen LogP contribution in [0.2, 0.25) is 0 Å². The fraction of sp³-hybridized carbons (Fsp3) is 0.300. The second-order valence-corrected chi connectivity index (χ2v) is 3.66. The van der Waals surface area contributed by atoms with Gasteiger partial charge >= 0.3 is 0 Å². The molecule has 0 radical (unpaired) electrons. The minimum atomic E-state index is -0.291. The number of rotatable bonds is 3. The molecule has 9 heteroatoms. The highest BCUT2D eigenvalue weighted by molar-refractivity contribution is 5.92. The summed E-state index contributed by atoms with van der Waals surface area (Å²) in [6, 6.07) is 1.24. The van der Waals surface area contributed by atoms with E-state index in [2.05, 4.69) is 25.4 Å². The fourth-order valence-electron chi connectivity index (χ4n) is 1.45. The number of aromatic nitrogens is 5. The predicted octanol–water partition coefficient (Wildman–Crippen LogP) is -0.142. The molecule has 0 fully saturated rings. The SMILES string of the molecule is CNC(=O)c1cc(-n2ncnc2[C@H](C)N)ncn1.Cl. The van der Waals surface area contributed by atoms with Crippen molar-refractivity contribution in [1.29, 1.82) is 0 Å². The first-order valence-corrected chi connectivity index (χ1v) is 5.33. The summed E-state index contributed by atoms with van der Waals surface area (Å²) in [6.45, 7) is 1.79. The number of hydrogen-bond donors (Lipinski definition) is 2. The molecule has 19 heavy (non-hydrogen) atoms. The Labute approximate surface area is 115 Å². The Morgan fingerprint density at radius 2 is 2.11 bits per heavy atom. The number of carbonyl (C=O) groups is 1. The maximum atomic E-state index is 11.5. The summed E-state index contributed by atoms with van der Waals surface area (Å²) in [7, 11) is 1.53. The van der Waals surface area contributed by atoms with Crippen LogP contribution in [0.5, 0.6) is 0 Å². The minimum Gasteiger partial charge on any atom is -0.354 e. The molecule has 0 aliphatic heterocycles. The van der Waals surface area contributed by atoms with Crippen molar-refractivity contribution in [2.45, 2.75) is 13.0 Å². The molecule has 102 valence electrons.